The van der Waals surface area contributed by atoms with Gasteiger partial charge in [0.05, 0.1) is 0 Å². The monoisotopic (exact) mass is 660 g/mol. The van der Waals surface area contributed by atoms with E-state index in [0.29, 0.717) is 13.1 Å². The highest BCUT2D eigenvalue weighted by molar-refractivity contribution is 5.61. The summed E-state index contributed by atoms with van der Waals surface area (Å²) in [5.74, 6) is -0.102. The standard InChI is InChI=1S/C24H33F3N6.C12H26N2/c1-6-18-11-16(2)7-8-20(18)31-22-29-13-19(24(25,26)27)21(32-22)30-14-23(4,5)15-33-10-9-28-12-17(33)3;1-4-8-14(9-5-2)12-6-10-13(3)11-7-12/h7-8,11,13,28H,3,6,9-10,12,14-15H2,1-2,4-5H3,(H2,29,30,31,32);12H,4-11H2,1-3H3. The summed E-state index contributed by atoms with van der Waals surface area (Å²) in [7, 11) is 2.24. The molecular formula is C36H59F3N8. The summed E-state index contributed by atoms with van der Waals surface area (Å²) in [6.07, 6.45) is 2.39. The molecule has 4 rings (SSSR count). The molecule has 0 radical (unpaired) electrons. The van der Waals surface area contributed by atoms with Gasteiger partial charge in [-0.25, -0.2) is 4.98 Å². The smallest absolute Gasteiger partial charge is 0.372 e. The summed E-state index contributed by atoms with van der Waals surface area (Å²) in [6, 6.07) is 6.74. The zero-order chi connectivity index (χ0) is 34.6. The third kappa shape index (κ3) is 12.3. The normalized spacial score (nSPS) is 16.7. The molecule has 1 aromatic heterocycles. The van der Waals surface area contributed by atoms with E-state index in [4.69, 9.17) is 0 Å². The van der Waals surface area contributed by atoms with Crippen LogP contribution in [-0.4, -0.2) is 96.7 Å². The molecule has 11 heteroatoms. The van der Waals surface area contributed by atoms with Crippen molar-refractivity contribution in [3.8, 4) is 0 Å². The number of nitrogens with one attached hydrogen (secondary N) is 3. The number of piperazine rings is 1. The van der Waals surface area contributed by atoms with Crippen LogP contribution < -0.4 is 16.0 Å². The van der Waals surface area contributed by atoms with E-state index in [1.807, 2.05) is 45.9 Å². The molecule has 47 heavy (non-hydrogen) atoms. The molecule has 2 saturated heterocycles. The van der Waals surface area contributed by atoms with Crippen molar-refractivity contribution in [1.29, 1.82) is 0 Å². The third-order valence-electron chi connectivity index (χ3n) is 8.90. The molecule has 0 atom stereocenters. The molecule has 1 aromatic carbocycles. The van der Waals surface area contributed by atoms with E-state index >= 15 is 0 Å². The zero-order valence-corrected chi connectivity index (χ0v) is 29.9. The van der Waals surface area contributed by atoms with Crippen LogP contribution in [-0.2, 0) is 12.6 Å². The molecule has 3 N–H and O–H groups in total. The molecule has 264 valence electrons. The third-order valence-corrected chi connectivity index (χ3v) is 8.90. The second-order valence-corrected chi connectivity index (χ2v) is 13.8. The molecule has 2 aliphatic rings. The Labute approximate surface area is 281 Å². The van der Waals surface area contributed by atoms with Crippen LogP contribution in [0.1, 0.15) is 77.0 Å². The molecule has 0 unspecified atom stereocenters. The summed E-state index contributed by atoms with van der Waals surface area (Å²) < 4.78 is 40.9. The molecule has 3 heterocycles. The Morgan fingerprint density at radius 1 is 1.06 bits per heavy atom. The summed E-state index contributed by atoms with van der Waals surface area (Å²) >= 11 is 0. The van der Waals surface area contributed by atoms with E-state index in [1.54, 1.807) is 0 Å². The van der Waals surface area contributed by atoms with Crippen molar-refractivity contribution in [1.82, 2.24) is 30.0 Å². The number of halogens is 3. The minimum absolute atomic E-state index is 0.123. The van der Waals surface area contributed by atoms with E-state index < -0.39 is 11.7 Å². The number of hydrogen-bond acceptors (Lipinski definition) is 8. The summed E-state index contributed by atoms with van der Waals surface area (Å²) in [5.41, 5.74) is 2.74. The van der Waals surface area contributed by atoms with Crippen molar-refractivity contribution in [3.05, 3.63) is 53.4 Å². The van der Waals surface area contributed by atoms with Gasteiger partial charge in [0.25, 0.3) is 0 Å². The molecule has 0 amide bonds. The van der Waals surface area contributed by atoms with Crippen LogP contribution in [0.25, 0.3) is 0 Å². The quantitative estimate of drug-likeness (QED) is 0.209. The maximum absolute atomic E-state index is 13.6. The number of aromatic nitrogens is 2. The molecule has 0 bridgehead atoms. The SMILES string of the molecule is C=C1CNCCN1CC(C)(C)CNc1nc(Nc2ccc(C)cc2CC)ncc1C(F)(F)F.CCCN(CCC)C1CCN(C)CC1. The summed E-state index contributed by atoms with van der Waals surface area (Å²) in [4.78, 5) is 15.5. The van der Waals surface area contributed by atoms with Gasteiger partial charge in [-0.05, 0) is 89.3 Å². The highest BCUT2D eigenvalue weighted by Crippen LogP contribution is 2.35. The Morgan fingerprint density at radius 2 is 1.74 bits per heavy atom. The topological polar surface area (TPSA) is 71.6 Å². The van der Waals surface area contributed by atoms with E-state index in [2.05, 4.69) is 68.1 Å². The Morgan fingerprint density at radius 3 is 2.34 bits per heavy atom. The Hall–Kier alpha value is -2.89. The molecular weight excluding hydrogens is 601 g/mol. The lowest BCUT2D eigenvalue weighted by molar-refractivity contribution is -0.137. The van der Waals surface area contributed by atoms with Gasteiger partial charge in [-0.3, -0.25) is 0 Å². The maximum Gasteiger partial charge on any atom is 0.421 e. The van der Waals surface area contributed by atoms with Crippen LogP contribution in [0.5, 0.6) is 0 Å². The second-order valence-electron chi connectivity index (χ2n) is 13.8. The number of hydrogen-bond donors (Lipinski definition) is 3. The highest BCUT2D eigenvalue weighted by Gasteiger charge is 2.36. The fourth-order valence-corrected chi connectivity index (χ4v) is 6.26. The predicted octanol–water partition coefficient (Wildman–Crippen LogP) is 7.17. The first-order valence-corrected chi connectivity index (χ1v) is 17.4. The molecule has 8 nitrogen and oxygen atoms in total. The summed E-state index contributed by atoms with van der Waals surface area (Å²) in [6.45, 7) is 25.3. The number of nitrogens with zero attached hydrogens (tertiary/aromatic N) is 5. The zero-order valence-electron chi connectivity index (χ0n) is 29.9. The second kappa shape index (κ2) is 18.0. The Bertz CT molecular complexity index is 1250. The predicted molar refractivity (Wildman–Crippen MR) is 189 cm³/mol. The first kappa shape index (κ1) is 38.6. The van der Waals surface area contributed by atoms with Crippen molar-refractivity contribution in [2.45, 2.75) is 85.9 Å². The number of likely N-dealkylation sites (tertiary alicyclic amines) is 1. The van der Waals surface area contributed by atoms with Crippen molar-refractivity contribution in [2.75, 3.05) is 76.6 Å². The largest absolute Gasteiger partial charge is 0.421 e. The lowest BCUT2D eigenvalue weighted by Crippen LogP contribution is -2.46. The van der Waals surface area contributed by atoms with E-state index in [9.17, 15) is 13.2 Å². The van der Waals surface area contributed by atoms with Crippen LogP contribution in [0, 0.1) is 12.3 Å². The van der Waals surface area contributed by atoms with Crippen LogP contribution >= 0.6 is 0 Å². The van der Waals surface area contributed by atoms with Crippen molar-refractivity contribution >= 4 is 17.5 Å². The van der Waals surface area contributed by atoms with Gasteiger partial charge in [0.2, 0.25) is 5.95 Å². The van der Waals surface area contributed by atoms with E-state index in [1.165, 1.54) is 51.9 Å². The molecule has 2 aliphatic heterocycles. The van der Waals surface area contributed by atoms with Gasteiger partial charge in [0.1, 0.15) is 11.4 Å². The van der Waals surface area contributed by atoms with Gasteiger partial charge in [-0.1, -0.05) is 58.9 Å². The van der Waals surface area contributed by atoms with Crippen molar-refractivity contribution in [2.24, 2.45) is 5.41 Å². The first-order valence-electron chi connectivity index (χ1n) is 17.4. The van der Waals surface area contributed by atoms with Crippen LogP contribution in [0.4, 0.5) is 30.6 Å². The van der Waals surface area contributed by atoms with Crippen molar-refractivity contribution < 1.29 is 13.2 Å². The molecule has 0 saturated carbocycles. The minimum Gasteiger partial charge on any atom is -0.372 e. The van der Waals surface area contributed by atoms with Gasteiger partial charge >= 0.3 is 6.18 Å². The van der Waals surface area contributed by atoms with Crippen LogP contribution in [0.2, 0.25) is 0 Å². The number of rotatable bonds is 13. The minimum atomic E-state index is -4.56. The fraction of sp³-hybridized carbons (Fsp3) is 0.667. The number of anilines is 3. The highest BCUT2D eigenvalue weighted by atomic mass is 19.4. The Kier molecular flexibility index (Phi) is 14.8. The number of aryl methyl sites for hydroxylation is 2. The van der Waals surface area contributed by atoms with Gasteiger partial charge in [0, 0.05) is 56.3 Å². The lowest BCUT2D eigenvalue weighted by atomic mass is 9.92. The van der Waals surface area contributed by atoms with Gasteiger partial charge < -0.3 is 30.7 Å². The molecule has 0 spiro atoms. The van der Waals surface area contributed by atoms with Gasteiger partial charge in [-0.2, -0.15) is 18.2 Å². The average molecular weight is 661 g/mol. The van der Waals surface area contributed by atoms with Crippen LogP contribution in [0.15, 0.2) is 36.7 Å². The number of piperidine rings is 1. The van der Waals surface area contributed by atoms with E-state index in [-0.39, 0.29) is 17.2 Å². The number of benzene rings is 1. The van der Waals surface area contributed by atoms with Gasteiger partial charge in [0.15, 0.2) is 0 Å². The maximum atomic E-state index is 13.6. The molecule has 2 fully saturated rings. The average Bonchev–Trinajstić information content (AvgIpc) is 3.02. The van der Waals surface area contributed by atoms with Crippen LogP contribution in [0.3, 0.4) is 0 Å². The lowest BCUT2D eigenvalue weighted by Gasteiger charge is -2.38. The summed E-state index contributed by atoms with van der Waals surface area (Å²) in [5, 5.41) is 9.29. The Balaban J connectivity index is 0.000000358. The molecule has 0 aliphatic carbocycles. The fourth-order valence-electron chi connectivity index (χ4n) is 6.26. The first-order chi connectivity index (χ1) is 22.3. The number of alkyl halides is 3. The van der Waals surface area contributed by atoms with Gasteiger partial charge in [-0.15, -0.1) is 0 Å². The van der Waals surface area contributed by atoms with Crippen molar-refractivity contribution in [3.63, 3.8) is 0 Å². The molecule has 2 aromatic rings. The van der Waals surface area contributed by atoms with E-state index in [0.717, 1.165) is 60.8 Å².